The van der Waals surface area contributed by atoms with Crippen LogP contribution in [0, 0.1) is 5.92 Å². The molecule has 152 valence electrons. The lowest BCUT2D eigenvalue weighted by molar-refractivity contribution is -0.121. The maximum atomic E-state index is 12.3. The number of imidazole rings is 1. The largest absolute Gasteiger partial charge is 0.497 e. The number of ether oxygens (including phenoxy) is 2. The van der Waals surface area contributed by atoms with Crippen LogP contribution in [0.3, 0.4) is 0 Å². The Hall–Kier alpha value is -2.54. The lowest BCUT2D eigenvalue weighted by atomic mass is 9.93. The summed E-state index contributed by atoms with van der Waals surface area (Å²) in [5, 5.41) is 3.01. The third-order valence-corrected chi connectivity index (χ3v) is 5.30. The minimum Gasteiger partial charge on any atom is -0.497 e. The van der Waals surface area contributed by atoms with E-state index in [1.54, 1.807) is 20.5 Å². The number of carbonyl (C=O) groups excluding carboxylic acids is 1. The van der Waals surface area contributed by atoms with Crippen molar-refractivity contribution in [2.75, 3.05) is 27.3 Å². The Bertz CT molecular complexity index is 748. The van der Waals surface area contributed by atoms with Crippen LogP contribution in [0.5, 0.6) is 11.5 Å². The van der Waals surface area contributed by atoms with Gasteiger partial charge in [-0.1, -0.05) is 0 Å². The Labute approximate surface area is 166 Å². The first-order chi connectivity index (χ1) is 13.7. The van der Waals surface area contributed by atoms with Gasteiger partial charge in [-0.2, -0.15) is 0 Å². The molecule has 0 radical (unpaired) electrons. The van der Waals surface area contributed by atoms with E-state index in [-0.39, 0.29) is 5.91 Å². The highest BCUT2D eigenvalue weighted by molar-refractivity contribution is 5.75. The summed E-state index contributed by atoms with van der Waals surface area (Å²) in [6.45, 7) is 3.51. The Kier molecular flexibility index (Phi) is 7.31. The second-order valence-electron chi connectivity index (χ2n) is 7.31. The number of likely N-dealkylation sites (tertiary alicyclic amines) is 1. The Morgan fingerprint density at radius 1 is 1.36 bits per heavy atom. The molecule has 0 saturated carbocycles. The number of aromatic nitrogens is 2. The van der Waals surface area contributed by atoms with Gasteiger partial charge in [-0.25, -0.2) is 4.98 Å². The summed E-state index contributed by atoms with van der Waals surface area (Å²) in [6, 6.07) is 5.63. The van der Waals surface area contributed by atoms with Gasteiger partial charge >= 0.3 is 0 Å². The summed E-state index contributed by atoms with van der Waals surface area (Å²) < 4.78 is 10.6. The minimum atomic E-state index is 0.0866. The van der Waals surface area contributed by atoms with E-state index in [9.17, 15) is 4.79 Å². The van der Waals surface area contributed by atoms with E-state index in [4.69, 9.17) is 9.47 Å². The molecule has 2 aromatic rings. The standard InChI is InChI=1S/C21H30N4O3/c1-27-19-7-6-17(20(10-19)28-2)11-23-21(26)8-5-16-4-3-9-25(13-16)14-18-12-22-15-24-18/h6-7,10,12,15-16H,3-5,8-9,11,13-14H2,1-2H3,(H,22,24)(H,23,26)/t16-/m0/s1. The van der Waals surface area contributed by atoms with Crippen LogP contribution >= 0.6 is 0 Å². The Balaban J connectivity index is 1.41. The molecule has 0 spiro atoms. The van der Waals surface area contributed by atoms with Crippen LogP contribution in [0.1, 0.15) is 36.9 Å². The van der Waals surface area contributed by atoms with Crippen LogP contribution < -0.4 is 14.8 Å². The minimum absolute atomic E-state index is 0.0866. The maximum Gasteiger partial charge on any atom is 0.220 e. The fourth-order valence-corrected chi connectivity index (χ4v) is 3.76. The number of aromatic amines is 1. The van der Waals surface area contributed by atoms with Gasteiger partial charge in [0, 0.05) is 49.6 Å². The SMILES string of the molecule is COc1ccc(CNC(=O)CC[C@@H]2CCCN(Cc3cnc[nH]3)C2)c(OC)c1. The first-order valence-corrected chi connectivity index (χ1v) is 9.85. The van der Waals surface area contributed by atoms with Crippen LogP contribution in [-0.2, 0) is 17.9 Å². The van der Waals surface area contributed by atoms with Gasteiger partial charge in [0.15, 0.2) is 0 Å². The summed E-state index contributed by atoms with van der Waals surface area (Å²) in [6.07, 6.45) is 7.46. The molecule has 0 unspecified atom stereocenters. The molecule has 1 aromatic carbocycles. The highest BCUT2D eigenvalue weighted by Gasteiger charge is 2.21. The predicted octanol–water partition coefficient (Wildman–Crippen LogP) is 2.74. The third kappa shape index (κ3) is 5.73. The van der Waals surface area contributed by atoms with E-state index >= 15 is 0 Å². The molecule has 28 heavy (non-hydrogen) atoms. The van der Waals surface area contributed by atoms with Gasteiger partial charge in [0.2, 0.25) is 5.91 Å². The van der Waals surface area contributed by atoms with Gasteiger partial charge < -0.3 is 19.8 Å². The van der Waals surface area contributed by atoms with E-state index in [1.807, 2.05) is 24.4 Å². The van der Waals surface area contributed by atoms with Crippen LogP contribution in [0.2, 0.25) is 0 Å². The number of hydrogen-bond donors (Lipinski definition) is 2. The van der Waals surface area contributed by atoms with Crippen molar-refractivity contribution in [2.24, 2.45) is 5.92 Å². The third-order valence-electron chi connectivity index (χ3n) is 5.30. The molecule has 1 aliphatic rings. The first kappa shape index (κ1) is 20.2. The van der Waals surface area contributed by atoms with E-state index in [1.165, 1.54) is 12.8 Å². The van der Waals surface area contributed by atoms with E-state index < -0.39 is 0 Å². The molecular weight excluding hydrogens is 356 g/mol. The van der Waals surface area contributed by atoms with Crippen molar-refractivity contribution in [3.8, 4) is 11.5 Å². The quantitative estimate of drug-likeness (QED) is 0.693. The molecule has 2 N–H and O–H groups in total. The fourth-order valence-electron chi connectivity index (χ4n) is 3.76. The number of H-pyrrole nitrogens is 1. The molecule has 0 aliphatic carbocycles. The van der Waals surface area contributed by atoms with E-state index in [0.717, 1.165) is 48.8 Å². The lowest BCUT2D eigenvalue weighted by Gasteiger charge is -2.32. The van der Waals surface area contributed by atoms with Crippen molar-refractivity contribution in [3.05, 3.63) is 42.0 Å². The van der Waals surface area contributed by atoms with Crippen molar-refractivity contribution in [1.82, 2.24) is 20.2 Å². The summed E-state index contributed by atoms with van der Waals surface area (Å²) in [5.41, 5.74) is 2.09. The number of benzene rings is 1. The average Bonchev–Trinajstić information content (AvgIpc) is 3.23. The molecule has 1 atom stereocenters. The van der Waals surface area contributed by atoms with Crippen LogP contribution in [0.15, 0.2) is 30.7 Å². The summed E-state index contributed by atoms with van der Waals surface area (Å²) in [4.78, 5) is 22.0. The van der Waals surface area contributed by atoms with Crippen molar-refractivity contribution < 1.29 is 14.3 Å². The second-order valence-corrected chi connectivity index (χ2v) is 7.31. The zero-order chi connectivity index (χ0) is 19.8. The molecule has 1 amide bonds. The Morgan fingerprint density at radius 2 is 2.25 bits per heavy atom. The zero-order valence-corrected chi connectivity index (χ0v) is 16.7. The van der Waals surface area contributed by atoms with Gasteiger partial charge in [-0.3, -0.25) is 9.69 Å². The van der Waals surface area contributed by atoms with Crippen molar-refractivity contribution in [2.45, 2.75) is 38.8 Å². The molecule has 1 aromatic heterocycles. The fraction of sp³-hybridized carbons (Fsp3) is 0.524. The van der Waals surface area contributed by atoms with Crippen molar-refractivity contribution >= 4 is 5.91 Å². The van der Waals surface area contributed by atoms with Gasteiger partial charge in [-0.15, -0.1) is 0 Å². The molecule has 3 rings (SSSR count). The summed E-state index contributed by atoms with van der Waals surface area (Å²) in [5.74, 6) is 2.12. The average molecular weight is 386 g/mol. The molecule has 1 fully saturated rings. The first-order valence-electron chi connectivity index (χ1n) is 9.85. The summed E-state index contributed by atoms with van der Waals surface area (Å²) in [7, 11) is 3.25. The maximum absolute atomic E-state index is 12.3. The zero-order valence-electron chi connectivity index (χ0n) is 16.7. The van der Waals surface area contributed by atoms with Gasteiger partial charge in [0.25, 0.3) is 0 Å². The van der Waals surface area contributed by atoms with E-state index in [0.29, 0.717) is 18.9 Å². The molecule has 1 aliphatic heterocycles. The number of methoxy groups -OCH3 is 2. The normalized spacial score (nSPS) is 17.3. The number of piperidine rings is 1. The number of amides is 1. The molecule has 7 heteroatoms. The van der Waals surface area contributed by atoms with Gasteiger partial charge in [0.05, 0.1) is 20.5 Å². The molecule has 2 heterocycles. The number of carbonyl (C=O) groups is 1. The molecule has 0 bridgehead atoms. The second kappa shape index (κ2) is 10.1. The van der Waals surface area contributed by atoms with Crippen molar-refractivity contribution in [1.29, 1.82) is 0 Å². The number of hydrogen-bond acceptors (Lipinski definition) is 5. The van der Waals surface area contributed by atoms with Gasteiger partial charge in [-0.05, 0) is 43.9 Å². The predicted molar refractivity (Wildman–Crippen MR) is 107 cm³/mol. The Morgan fingerprint density at radius 3 is 3.00 bits per heavy atom. The van der Waals surface area contributed by atoms with Crippen LogP contribution in [-0.4, -0.2) is 48.1 Å². The van der Waals surface area contributed by atoms with E-state index in [2.05, 4.69) is 20.2 Å². The van der Waals surface area contributed by atoms with Crippen molar-refractivity contribution in [3.63, 3.8) is 0 Å². The number of nitrogens with zero attached hydrogens (tertiary/aromatic N) is 2. The van der Waals surface area contributed by atoms with Gasteiger partial charge in [0.1, 0.15) is 11.5 Å². The number of rotatable bonds is 9. The highest BCUT2D eigenvalue weighted by atomic mass is 16.5. The smallest absolute Gasteiger partial charge is 0.220 e. The molecule has 7 nitrogen and oxygen atoms in total. The number of nitrogens with one attached hydrogen (secondary N) is 2. The highest BCUT2D eigenvalue weighted by Crippen LogP contribution is 2.25. The monoisotopic (exact) mass is 386 g/mol. The van der Waals surface area contributed by atoms with Crippen LogP contribution in [0.4, 0.5) is 0 Å². The molecule has 1 saturated heterocycles. The molecular formula is C21H30N4O3. The lowest BCUT2D eigenvalue weighted by Crippen LogP contribution is -2.35. The summed E-state index contributed by atoms with van der Waals surface area (Å²) >= 11 is 0. The van der Waals surface area contributed by atoms with Crippen LogP contribution in [0.25, 0.3) is 0 Å². The topological polar surface area (TPSA) is 79.5 Å².